The molecule has 3 amide bonds. The largest absolute Gasteiger partial charge is 0.315 e. The first-order valence-electron chi connectivity index (χ1n) is 9.85. The summed E-state index contributed by atoms with van der Waals surface area (Å²) in [6.45, 7) is 1.92. The number of hydrazine groups is 1. The zero-order valence-electron chi connectivity index (χ0n) is 16.8. The third kappa shape index (κ3) is 3.45. The molecule has 2 aromatic carbocycles. The second kappa shape index (κ2) is 7.71. The molecular formula is C21H21N5O5. The van der Waals surface area contributed by atoms with E-state index in [0.717, 1.165) is 0 Å². The molecule has 2 aromatic rings. The van der Waals surface area contributed by atoms with Crippen LogP contribution in [0.4, 0.5) is 17.1 Å². The van der Waals surface area contributed by atoms with Crippen molar-refractivity contribution < 1.29 is 19.3 Å². The van der Waals surface area contributed by atoms with Crippen LogP contribution in [0.25, 0.3) is 0 Å². The van der Waals surface area contributed by atoms with Gasteiger partial charge in [0.1, 0.15) is 11.4 Å². The fourth-order valence-corrected chi connectivity index (χ4v) is 4.19. The molecule has 31 heavy (non-hydrogen) atoms. The number of hydrogen-bond acceptors (Lipinski definition) is 6. The Kier molecular flexibility index (Phi) is 5.05. The third-order valence-corrected chi connectivity index (χ3v) is 5.75. The molecular weight excluding hydrogens is 402 g/mol. The van der Waals surface area contributed by atoms with Crippen molar-refractivity contribution in [2.24, 2.45) is 0 Å². The minimum Gasteiger partial charge on any atom is -0.315 e. The molecule has 160 valence electrons. The van der Waals surface area contributed by atoms with Gasteiger partial charge in [-0.3, -0.25) is 40.2 Å². The molecule has 0 aliphatic carbocycles. The van der Waals surface area contributed by atoms with E-state index in [-0.39, 0.29) is 36.2 Å². The average molecular weight is 423 g/mol. The Morgan fingerprint density at radius 2 is 1.87 bits per heavy atom. The standard InChI is InChI=1S/C21H21N5O5/c1-21-12-10-19(28)25(21)16-8-4-2-6-14(16)20(29)24(21)13-11-18(27)23-22-15-7-3-5-9-17(15)26(30)31/h2-9,22H,10-13H2,1H3,(H,23,27). The summed E-state index contributed by atoms with van der Waals surface area (Å²) >= 11 is 0. The minimum atomic E-state index is -0.839. The molecule has 0 saturated carbocycles. The van der Waals surface area contributed by atoms with Crippen LogP contribution in [0, 0.1) is 10.1 Å². The van der Waals surface area contributed by atoms with Crippen molar-refractivity contribution in [1.29, 1.82) is 0 Å². The number of anilines is 2. The predicted octanol–water partition coefficient (Wildman–Crippen LogP) is 2.43. The summed E-state index contributed by atoms with van der Waals surface area (Å²) in [6, 6.07) is 12.9. The molecule has 10 heteroatoms. The van der Waals surface area contributed by atoms with Gasteiger partial charge in [-0.2, -0.15) is 0 Å². The lowest BCUT2D eigenvalue weighted by atomic mass is 9.98. The molecule has 2 N–H and O–H groups in total. The van der Waals surface area contributed by atoms with E-state index in [1.54, 1.807) is 40.1 Å². The summed E-state index contributed by atoms with van der Waals surface area (Å²) in [7, 11) is 0. The molecule has 1 unspecified atom stereocenters. The first kappa shape index (κ1) is 20.3. The maximum atomic E-state index is 13.1. The van der Waals surface area contributed by atoms with Gasteiger partial charge in [0.2, 0.25) is 11.8 Å². The first-order chi connectivity index (χ1) is 14.8. The van der Waals surface area contributed by atoms with Crippen molar-refractivity contribution >= 4 is 34.8 Å². The summed E-state index contributed by atoms with van der Waals surface area (Å²) in [6.07, 6.45) is 0.751. The first-order valence-corrected chi connectivity index (χ1v) is 9.85. The van der Waals surface area contributed by atoms with E-state index in [1.165, 1.54) is 18.2 Å². The quantitative estimate of drug-likeness (QED) is 0.543. The van der Waals surface area contributed by atoms with Crippen molar-refractivity contribution in [1.82, 2.24) is 10.3 Å². The smallest absolute Gasteiger partial charge is 0.294 e. The van der Waals surface area contributed by atoms with Crippen LogP contribution in [-0.2, 0) is 9.59 Å². The van der Waals surface area contributed by atoms with Gasteiger partial charge in [-0.25, -0.2) is 0 Å². The number of fused-ring (bicyclic) bond motifs is 3. The van der Waals surface area contributed by atoms with Crippen molar-refractivity contribution in [3.8, 4) is 0 Å². The van der Waals surface area contributed by atoms with Crippen molar-refractivity contribution in [3.63, 3.8) is 0 Å². The van der Waals surface area contributed by atoms with E-state index in [0.29, 0.717) is 24.1 Å². The van der Waals surface area contributed by atoms with Crippen molar-refractivity contribution in [2.45, 2.75) is 31.8 Å². The number of nitro benzene ring substituents is 1. The lowest BCUT2D eigenvalue weighted by Gasteiger charge is -2.48. The SMILES string of the molecule is CC12CCC(=O)N1c1ccccc1C(=O)N2CCC(=O)NNc1ccccc1[N+](=O)[O-]. The maximum Gasteiger partial charge on any atom is 0.294 e. The van der Waals surface area contributed by atoms with Gasteiger partial charge < -0.3 is 4.90 Å². The molecule has 10 nitrogen and oxygen atoms in total. The zero-order valence-corrected chi connectivity index (χ0v) is 16.8. The van der Waals surface area contributed by atoms with Gasteiger partial charge in [-0.1, -0.05) is 24.3 Å². The number of nitrogens with one attached hydrogen (secondary N) is 2. The van der Waals surface area contributed by atoms with E-state index in [9.17, 15) is 24.5 Å². The van der Waals surface area contributed by atoms with Crippen LogP contribution in [0.2, 0.25) is 0 Å². The Morgan fingerprint density at radius 1 is 1.16 bits per heavy atom. The number of hydrogen-bond donors (Lipinski definition) is 2. The summed E-state index contributed by atoms with van der Waals surface area (Å²) in [4.78, 5) is 51.8. The highest BCUT2D eigenvalue weighted by molar-refractivity contribution is 6.10. The summed E-state index contributed by atoms with van der Waals surface area (Å²) < 4.78 is 0. The van der Waals surface area contributed by atoms with Crippen LogP contribution in [-0.4, -0.2) is 39.8 Å². The van der Waals surface area contributed by atoms with Crippen LogP contribution in [0.15, 0.2) is 48.5 Å². The maximum absolute atomic E-state index is 13.1. The van der Waals surface area contributed by atoms with E-state index < -0.39 is 16.5 Å². The van der Waals surface area contributed by atoms with Crippen molar-refractivity contribution in [3.05, 3.63) is 64.2 Å². The molecule has 2 aliphatic heterocycles. The Labute approximate surface area is 177 Å². The van der Waals surface area contributed by atoms with E-state index in [2.05, 4.69) is 10.9 Å². The van der Waals surface area contributed by atoms with Crippen LogP contribution in [0.1, 0.15) is 36.5 Å². The molecule has 4 rings (SSSR count). The Morgan fingerprint density at radius 3 is 2.65 bits per heavy atom. The van der Waals surface area contributed by atoms with E-state index in [1.807, 2.05) is 6.92 Å². The molecule has 0 aromatic heterocycles. The van der Waals surface area contributed by atoms with Gasteiger partial charge in [-0.15, -0.1) is 0 Å². The van der Waals surface area contributed by atoms with Gasteiger partial charge in [0.25, 0.3) is 11.6 Å². The molecule has 1 saturated heterocycles. The number of benzene rings is 2. The summed E-state index contributed by atoms with van der Waals surface area (Å²) in [5.41, 5.74) is 5.17. The third-order valence-electron chi connectivity index (χ3n) is 5.75. The number of rotatable bonds is 6. The second-order valence-electron chi connectivity index (χ2n) is 7.62. The van der Waals surface area contributed by atoms with Crippen LogP contribution < -0.4 is 15.8 Å². The number of nitro groups is 1. The lowest BCUT2D eigenvalue weighted by molar-refractivity contribution is -0.384. The van der Waals surface area contributed by atoms with Crippen LogP contribution in [0.3, 0.4) is 0 Å². The molecule has 0 bridgehead atoms. The summed E-state index contributed by atoms with van der Waals surface area (Å²) in [5.74, 6) is -0.734. The Bertz CT molecular complexity index is 1090. The number of amides is 3. The molecule has 1 atom stereocenters. The molecule has 2 heterocycles. The highest BCUT2D eigenvalue weighted by Crippen LogP contribution is 2.43. The normalized spacial score (nSPS) is 19.6. The fourth-order valence-electron chi connectivity index (χ4n) is 4.19. The lowest BCUT2D eigenvalue weighted by Crippen LogP contribution is -2.62. The molecule has 1 fully saturated rings. The molecule has 0 radical (unpaired) electrons. The number of carbonyl (C=O) groups excluding carboxylic acids is 3. The second-order valence-corrected chi connectivity index (χ2v) is 7.62. The number of carbonyl (C=O) groups is 3. The average Bonchev–Trinajstić information content (AvgIpc) is 3.07. The van der Waals surface area contributed by atoms with Crippen molar-refractivity contribution in [2.75, 3.05) is 16.9 Å². The number of nitrogens with zero attached hydrogens (tertiary/aromatic N) is 3. The van der Waals surface area contributed by atoms with Gasteiger partial charge in [0.05, 0.1) is 16.2 Å². The van der Waals surface area contributed by atoms with Gasteiger partial charge in [0.15, 0.2) is 0 Å². The highest BCUT2D eigenvalue weighted by atomic mass is 16.6. The summed E-state index contributed by atoms with van der Waals surface area (Å²) in [5, 5.41) is 11.1. The highest BCUT2D eigenvalue weighted by Gasteiger charge is 2.52. The van der Waals surface area contributed by atoms with Gasteiger partial charge in [-0.05, 0) is 31.5 Å². The van der Waals surface area contributed by atoms with Crippen LogP contribution >= 0.6 is 0 Å². The van der Waals surface area contributed by atoms with Crippen LogP contribution in [0.5, 0.6) is 0 Å². The number of para-hydroxylation sites is 3. The predicted molar refractivity (Wildman–Crippen MR) is 112 cm³/mol. The molecule has 2 aliphatic rings. The Hall–Kier alpha value is -3.95. The Balaban J connectivity index is 1.47. The fraction of sp³-hybridized carbons (Fsp3) is 0.286. The topological polar surface area (TPSA) is 125 Å². The van der Waals surface area contributed by atoms with E-state index >= 15 is 0 Å². The molecule has 0 spiro atoms. The van der Waals surface area contributed by atoms with E-state index in [4.69, 9.17) is 0 Å². The van der Waals surface area contributed by atoms with Gasteiger partial charge in [0, 0.05) is 25.5 Å². The van der Waals surface area contributed by atoms with Gasteiger partial charge >= 0.3 is 0 Å². The monoisotopic (exact) mass is 423 g/mol. The zero-order chi connectivity index (χ0) is 22.2. The minimum absolute atomic E-state index is 0.0425.